The molecule has 0 aliphatic heterocycles. The molecular formula is C112H196O24. The van der Waals surface area contributed by atoms with Gasteiger partial charge in [-0.25, -0.2) is 57.5 Å². The molecule has 0 aromatic carbocycles. The average Bonchev–Trinajstić information content (AvgIpc) is 1.39. The van der Waals surface area contributed by atoms with Crippen LogP contribution in [0.3, 0.4) is 0 Å². The van der Waals surface area contributed by atoms with Crippen LogP contribution >= 0.6 is 0 Å². The highest BCUT2D eigenvalue weighted by molar-refractivity contribution is 5.90. The van der Waals surface area contributed by atoms with Crippen LogP contribution < -0.4 is 0 Å². The Morgan fingerprint density at radius 3 is 0.831 bits per heavy atom. The van der Waals surface area contributed by atoms with Crippen molar-refractivity contribution in [2.45, 2.75) is 441 Å². The molecule has 0 aromatic heterocycles. The molecule has 24 nitrogen and oxygen atoms in total. The Balaban J connectivity index is -0.000000160. The highest BCUT2D eigenvalue weighted by Crippen LogP contribution is 2.24. The number of unbranched alkanes of at least 4 members (excludes halogenated alkanes) is 16. The first-order chi connectivity index (χ1) is 63.7. The minimum Gasteiger partial charge on any atom is -0.463 e. The van der Waals surface area contributed by atoms with E-state index in [-0.39, 0.29) is 95.5 Å². The van der Waals surface area contributed by atoms with E-state index >= 15 is 0 Å². The lowest BCUT2D eigenvalue weighted by atomic mass is 9.98. The highest BCUT2D eigenvalue weighted by Gasteiger charge is 2.23. The number of carbonyl (C=O) groups excluding carboxylic acids is 12. The zero-order chi connectivity index (χ0) is 107. The summed E-state index contributed by atoms with van der Waals surface area (Å²) in [5, 5.41) is 0. The van der Waals surface area contributed by atoms with E-state index in [1.54, 1.807) is 83.1 Å². The third kappa shape index (κ3) is 117. The largest absolute Gasteiger partial charge is 0.463 e. The molecule has 136 heavy (non-hydrogen) atoms. The Hall–Kier alpha value is -9.48. The summed E-state index contributed by atoms with van der Waals surface area (Å²) in [6.45, 7) is 93.6. The van der Waals surface area contributed by atoms with Crippen molar-refractivity contribution in [1.82, 2.24) is 0 Å². The van der Waals surface area contributed by atoms with Gasteiger partial charge in [0.05, 0.1) is 52.4 Å². The molecule has 2 fully saturated rings. The van der Waals surface area contributed by atoms with Crippen molar-refractivity contribution in [3.63, 3.8) is 0 Å². The van der Waals surface area contributed by atoms with E-state index in [4.69, 9.17) is 47.4 Å². The Bertz CT molecular complexity index is 3340. The molecule has 2 unspecified atom stereocenters. The van der Waals surface area contributed by atoms with Crippen LogP contribution in [0.4, 0.5) is 0 Å². The molecule has 0 spiro atoms. The minimum atomic E-state index is -0.407. The van der Waals surface area contributed by atoms with Gasteiger partial charge in [-0.15, -0.1) is 0 Å². The van der Waals surface area contributed by atoms with Gasteiger partial charge in [0, 0.05) is 68.4 Å². The normalized spacial score (nSPS) is 11.7. The zero-order valence-corrected chi connectivity index (χ0v) is 90.8. The first-order valence-corrected chi connectivity index (χ1v) is 49.7. The van der Waals surface area contributed by atoms with Crippen LogP contribution in [0.15, 0.2) is 147 Å². The Morgan fingerprint density at radius 2 is 0.566 bits per heavy atom. The van der Waals surface area contributed by atoms with E-state index in [2.05, 4.69) is 137 Å². The lowest BCUT2D eigenvalue weighted by molar-refractivity contribution is -0.152. The molecule has 0 aromatic rings. The van der Waals surface area contributed by atoms with Crippen molar-refractivity contribution in [3.05, 3.63) is 147 Å². The predicted octanol–water partition coefficient (Wildman–Crippen LogP) is 28.3. The fraction of sp³-hybridized carbons (Fsp3) is 0.679. The summed E-state index contributed by atoms with van der Waals surface area (Å²) in [6.07, 6.45) is 45.4. The van der Waals surface area contributed by atoms with E-state index in [0.717, 1.165) is 109 Å². The summed E-state index contributed by atoms with van der Waals surface area (Å²) in [5.74, 6) is -2.47. The highest BCUT2D eigenvalue weighted by atomic mass is 16.6. The van der Waals surface area contributed by atoms with Gasteiger partial charge >= 0.3 is 71.6 Å². The fourth-order valence-electron chi connectivity index (χ4n) is 9.86. The van der Waals surface area contributed by atoms with Crippen LogP contribution in [-0.4, -0.2) is 147 Å². The summed E-state index contributed by atoms with van der Waals surface area (Å²) in [6, 6.07) is 0. The molecule has 2 aliphatic rings. The molecule has 2 rings (SSSR count). The number of rotatable bonds is 52. The van der Waals surface area contributed by atoms with Crippen LogP contribution in [0.25, 0.3) is 0 Å². The van der Waals surface area contributed by atoms with Gasteiger partial charge in [0.2, 0.25) is 0 Å². The lowest BCUT2D eigenvalue weighted by Gasteiger charge is -2.23. The molecular weight excluding hydrogens is 1730 g/mol. The van der Waals surface area contributed by atoms with Gasteiger partial charge in [-0.1, -0.05) is 276 Å². The van der Waals surface area contributed by atoms with Crippen LogP contribution in [0.5, 0.6) is 0 Å². The number of hydrogen-bond acceptors (Lipinski definition) is 24. The Morgan fingerprint density at radius 1 is 0.301 bits per heavy atom. The van der Waals surface area contributed by atoms with Crippen molar-refractivity contribution in [1.29, 1.82) is 0 Å². The molecule has 2 saturated carbocycles. The Labute approximate surface area is 827 Å². The van der Waals surface area contributed by atoms with Gasteiger partial charge in [0.25, 0.3) is 0 Å². The summed E-state index contributed by atoms with van der Waals surface area (Å²) in [5.41, 5.74) is 3.45. The molecule has 788 valence electrons. The molecule has 0 amide bonds. The van der Waals surface area contributed by atoms with Gasteiger partial charge in [-0.05, 0) is 226 Å². The van der Waals surface area contributed by atoms with Crippen LogP contribution in [0.1, 0.15) is 411 Å². The second-order valence-corrected chi connectivity index (χ2v) is 35.4. The molecule has 2 aliphatic carbocycles. The van der Waals surface area contributed by atoms with Gasteiger partial charge in [0.1, 0.15) is 23.4 Å². The molecule has 2 atom stereocenters. The van der Waals surface area contributed by atoms with Crippen molar-refractivity contribution < 1.29 is 114 Å². The summed E-state index contributed by atoms with van der Waals surface area (Å²) in [4.78, 5) is 130. The zero-order valence-electron chi connectivity index (χ0n) is 90.8. The molecule has 24 heteroatoms. The SMILES string of the molecule is C=C(C)C(=O)OC(C)(C)C.C=C(C)C(=O)OC(C)(C)CC.C=C(C)C(=O)OC(C)C.C=C(C)C(=O)OC1CCCC1.C=C(C)C(=O)OC1CCCCC1.C=C(C)C(=O)OCC.C=C(C)C(=O)OCC(CC)CCCC.C=C(C)C(=O)OCCCC.C=C(C)C(=O)OCCCCCCCCC.C=CC(=O)OCC(CC)CCCC.C=CC(=O)OCCCC.C=CC(=O)OCCCCCCCCC. The number of esters is 12. The van der Waals surface area contributed by atoms with Crippen LogP contribution in [0, 0.1) is 11.8 Å². The van der Waals surface area contributed by atoms with Crippen molar-refractivity contribution in [3.8, 4) is 0 Å². The van der Waals surface area contributed by atoms with Crippen LogP contribution in [-0.2, 0) is 114 Å². The molecule has 0 N–H and O–H groups in total. The molecule has 0 saturated heterocycles. The maximum atomic E-state index is 11.1. The van der Waals surface area contributed by atoms with E-state index in [0.29, 0.717) is 108 Å². The van der Waals surface area contributed by atoms with Crippen molar-refractivity contribution in [2.24, 2.45) is 11.8 Å². The first kappa shape index (κ1) is 147. The summed E-state index contributed by atoms with van der Waals surface area (Å²) < 4.78 is 59.2. The standard InChI is InChI=1S/C13H24O2.2C12H22O2.C11H20O2.C10H16O2.C9H14O2.C9H16O2.2C8H14O2.2C7H12O2.C6H10O2/c1-4-5-6-7-8-9-10-11-15-13(14)12(2)3;1-5-7-8-11(6-2)9-14-12(13)10(3)4;1-3-5-6-7-8-9-10-11-14-12(13)4-2;1-4-7-8-10(5-2)9-13-11(12)6-3;1-8(2)10(11)12-9-6-4-3-5-7-9;1-7(2)9(10)11-8-5-3-4-6-8;1-6-9(4,5)11-8(10)7(2)3;1-6(2)7(9)10-8(3,4)5;1-4-5-6-10-8(9)7(2)3;1-5(2)7(8)9-6(3)4;1-3-5-6-9-7(8)4-2;1-4-8-6(7)5(2)3/h2,4-11H2,1,3H3;11H,3,5-9H2,1-2,4H3;4H,2-3,5-11H2,1H3;6,10H,3-5,7-9H2,1-2H3;9H,1,3-7H2,2H3;8H,1,3-6H2,2H3;2,6H2,1,3-5H3;1H2,2-5H3;2,4-6H2,1,3H3;6H,1H2,2-4H3;4H,2-3,5-6H2,1H3;2,4H2,1,3H3. The quantitative estimate of drug-likeness (QED) is 0.0236. The molecule has 0 bridgehead atoms. The van der Waals surface area contributed by atoms with E-state index in [9.17, 15) is 57.5 Å². The minimum absolute atomic E-state index is 0.0470. The van der Waals surface area contributed by atoms with Gasteiger partial charge < -0.3 is 56.8 Å². The second kappa shape index (κ2) is 101. The Kier molecular flexibility index (Phi) is 109. The van der Waals surface area contributed by atoms with Crippen molar-refractivity contribution >= 4 is 71.6 Å². The topological polar surface area (TPSA) is 316 Å². The first-order valence-electron chi connectivity index (χ1n) is 49.7. The maximum Gasteiger partial charge on any atom is 0.333 e. The van der Waals surface area contributed by atoms with Gasteiger partial charge in [0.15, 0.2) is 0 Å². The fourth-order valence-corrected chi connectivity index (χ4v) is 9.86. The number of ether oxygens (including phenoxy) is 12. The average molecular weight is 1930 g/mol. The van der Waals surface area contributed by atoms with E-state index in [1.165, 1.54) is 140 Å². The number of carbonyl (C=O) groups is 12. The monoisotopic (exact) mass is 1930 g/mol. The predicted molar refractivity (Wildman–Crippen MR) is 558 cm³/mol. The van der Waals surface area contributed by atoms with E-state index in [1.807, 2.05) is 48.5 Å². The molecule has 0 heterocycles. The van der Waals surface area contributed by atoms with E-state index < -0.39 is 5.60 Å². The third-order valence-electron chi connectivity index (χ3n) is 18.7. The second-order valence-electron chi connectivity index (χ2n) is 35.4. The van der Waals surface area contributed by atoms with Gasteiger partial charge in [-0.3, -0.25) is 0 Å². The summed E-state index contributed by atoms with van der Waals surface area (Å²) in [7, 11) is 0. The van der Waals surface area contributed by atoms with Gasteiger partial charge in [-0.2, -0.15) is 0 Å². The van der Waals surface area contributed by atoms with Crippen molar-refractivity contribution in [2.75, 3.05) is 46.2 Å². The van der Waals surface area contributed by atoms with Crippen LogP contribution in [0.2, 0.25) is 0 Å². The maximum absolute atomic E-state index is 11.1. The number of hydrogen-bond donors (Lipinski definition) is 0. The third-order valence-corrected chi connectivity index (χ3v) is 18.7. The smallest absolute Gasteiger partial charge is 0.333 e. The summed E-state index contributed by atoms with van der Waals surface area (Å²) >= 11 is 0. The lowest BCUT2D eigenvalue weighted by Crippen LogP contribution is -2.27. The molecule has 0 radical (unpaired) electrons.